The molecule has 7 heteroatoms. The minimum Gasteiger partial charge on any atom is -0.480 e. The summed E-state index contributed by atoms with van der Waals surface area (Å²) in [4.78, 5) is 38.6. The van der Waals surface area contributed by atoms with E-state index in [9.17, 15) is 19.5 Å². The number of hydrogen-bond donors (Lipinski definition) is 2. The third kappa shape index (κ3) is 4.45. The van der Waals surface area contributed by atoms with Gasteiger partial charge < -0.3 is 20.1 Å². The summed E-state index contributed by atoms with van der Waals surface area (Å²) in [5.74, 6) is -1.52. The molecule has 0 radical (unpaired) electrons. The lowest BCUT2D eigenvalue weighted by Crippen LogP contribution is -2.56. The van der Waals surface area contributed by atoms with Gasteiger partial charge in [-0.15, -0.1) is 0 Å². The monoisotopic (exact) mass is 450 g/mol. The largest absolute Gasteiger partial charge is 0.480 e. The number of nitrogens with one attached hydrogen (secondary N) is 1. The lowest BCUT2D eigenvalue weighted by molar-refractivity contribution is -0.150. The Morgan fingerprint density at radius 1 is 1.06 bits per heavy atom. The van der Waals surface area contributed by atoms with E-state index in [1.807, 2.05) is 36.4 Å². The van der Waals surface area contributed by atoms with Gasteiger partial charge in [-0.25, -0.2) is 9.59 Å². The van der Waals surface area contributed by atoms with Crippen molar-refractivity contribution in [3.05, 3.63) is 59.7 Å². The summed E-state index contributed by atoms with van der Waals surface area (Å²) in [6.45, 7) is 1.88. The molecule has 2 N–H and O–H groups in total. The maximum atomic E-state index is 13.1. The average molecular weight is 451 g/mol. The molecule has 0 aliphatic heterocycles. The number of amides is 2. The molecule has 2 atom stereocenters. The third-order valence-electron chi connectivity index (χ3n) is 6.99. The van der Waals surface area contributed by atoms with Crippen molar-refractivity contribution in [3.63, 3.8) is 0 Å². The predicted molar refractivity (Wildman–Crippen MR) is 124 cm³/mol. The van der Waals surface area contributed by atoms with Gasteiger partial charge in [0.15, 0.2) is 0 Å². The highest BCUT2D eigenvalue weighted by Crippen LogP contribution is 2.44. The lowest BCUT2D eigenvalue weighted by atomic mass is 9.79. The van der Waals surface area contributed by atoms with Gasteiger partial charge in [0.25, 0.3) is 0 Å². The van der Waals surface area contributed by atoms with Crippen molar-refractivity contribution in [2.75, 3.05) is 13.7 Å². The van der Waals surface area contributed by atoms with E-state index in [0.717, 1.165) is 41.5 Å². The molecular formula is C26H30N2O5. The summed E-state index contributed by atoms with van der Waals surface area (Å²) in [6.07, 6.45) is 2.26. The molecule has 0 heterocycles. The molecule has 0 aromatic heterocycles. The number of carbonyl (C=O) groups is 3. The summed E-state index contributed by atoms with van der Waals surface area (Å²) >= 11 is 0. The number of alkyl carbamates (subject to hydrolysis) is 1. The van der Waals surface area contributed by atoms with Gasteiger partial charge in [-0.2, -0.15) is 0 Å². The molecular weight excluding hydrogens is 420 g/mol. The van der Waals surface area contributed by atoms with Crippen LogP contribution >= 0.6 is 0 Å². The van der Waals surface area contributed by atoms with Gasteiger partial charge >= 0.3 is 12.1 Å². The van der Waals surface area contributed by atoms with Gasteiger partial charge in [0.05, 0.1) is 0 Å². The zero-order chi connectivity index (χ0) is 23.5. The van der Waals surface area contributed by atoms with E-state index in [1.165, 1.54) is 11.9 Å². The minimum absolute atomic E-state index is 0.00765. The van der Waals surface area contributed by atoms with E-state index in [0.29, 0.717) is 6.42 Å². The highest BCUT2D eigenvalue weighted by molar-refractivity contribution is 5.89. The second-order valence-corrected chi connectivity index (χ2v) is 8.85. The quantitative estimate of drug-likeness (QED) is 0.633. The maximum Gasteiger partial charge on any atom is 0.407 e. The summed E-state index contributed by atoms with van der Waals surface area (Å²) in [5.41, 5.74) is 4.52. The number of rotatable bonds is 8. The third-order valence-corrected chi connectivity index (χ3v) is 6.99. The highest BCUT2D eigenvalue weighted by Gasteiger charge is 2.39. The van der Waals surface area contributed by atoms with Gasteiger partial charge in [0, 0.05) is 13.0 Å². The zero-order valence-corrected chi connectivity index (χ0v) is 19.0. The van der Waals surface area contributed by atoms with Gasteiger partial charge in [-0.3, -0.25) is 4.79 Å². The normalized spacial score (nSPS) is 16.7. The standard InChI is InChI=1S/C26H30N2O5/c1-3-22(25(30)31)28(2)24(29)23(16-9-8-10-16)27-26(32)33-15-21-19-13-6-4-11-17(19)18-12-5-7-14-20(18)21/h4-7,11-14,16,21-23H,3,8-10,15H2,1-2H3,(H,27,32)(H,30,31). The summed E-state index contributed by atoms with van der Waals surface area (Å²) in [7, 11) is 1.48. The van der Waals surface area contributed by atoms with Crippen LogP contribution in [0.15, 0.2) is 48.5 Å². The van der Waals surface area contributed by atoms with E-state index < -0.39 is 24.1 Å². The molecule has 1 fully saturated rings. The van der Waals surface area contributed by atoms with E-state index in [-0.39, 0.29) is 24.3 Å². The van der Waals surface area contributed by atoms with Gasteiger partial charge in [-0.05, 0) is 47.4 Å². The van der Waals surface area contributed by atoms with Gasteiger partial charge in [0.2, 0.25) is 5.91 Å². The zero-order valence-electron chi connectivity index (χ0n) is 19.0. The predicted octanol–water partition coefficient (Wildman–Crippen LogP) is 4.02. The molecule has 4 rings (SSSR count). The van der Waals surface area contributed by atoms with E-state index in [4.69, 9.17) is 4.74 Å². The second kappa shape index (κ2) is 9.65. The topological polar surface area (TPSA) is 95.9 Å². The van der Waals surface area contributed by atoms with Crippen LogP contribution in [-0.2, 0) is 14.3 Å². The van der Waals surface area contributed by atoms with Gasteiger partial charge in [-0.1, -0.05) is 61.9 Å². The van der Waals surface area contributed by atoms with Crippen LogP contribution in [0, 0.1) is 5.92 Å². The Balaban J connectivity index is 1.45. The molecule has 2 amide bonds. The average Bonchev–Trinajstić information content (AvgIpc) is 3.09. The molecule has 0 spiro atoms. The van der Waals surface area contributed by atoms with Crippen LogP contribution in [0.2, 0.25) is 0 Å². The molecule has 2 aromatic rings. The SMILES string of the molecule is CCC(C(=O)O)N(C)C(=O)C(NC(=O)OCC1c2ccccc2-c2ccccc21)C1CCC1. The molecule has 7 nitrogen and oxygen atoms in total. The Hall–Kier alpha value is -3.35. The van der Waals surface area contributed by atoms with Crippen LogP contribution in [0.1, 0.15) is 49.7 Å². The smallest absolute Gasteiger partial charge is 0.407 e. The Kier molecular flexibility index (Phi) is 6.67. The molecule has 174 valence electrons. The maximum absolute atomic E-state index is 13.1. The number of ether oxygens (including phenoxy) is 1. The van der Waals surface area contributed by atoms with Crippen LogP contribution in [0.3, 0.4) is 0 Å². The van der Waals surface area contributed by atoms with E-state index in [1.54, 1.807) is 6.92 Å². The minimum atomic E-state index is -1.05. The first kappa shape index (κ1) is 22.8. The van der Waals surface area contributed by atoms with Crippen LogP contribution in [0.5, 0.6) is 0 Å². The number of nitrogens with zero attached hydrogens (tertiary/aromatic N) is 1. The molecule has 1 saturated carbocycles. The first-order chi connectivity index (χ1) is 15.9. The molecule has 2 aliphatic rings. The first-order valence-corrected chi connectivity index (χ1v) is 11.5. The number of carboxylic acids is 1. The number of carboxylic acid groups (broad SMARTS) is 1. The molecule has 0 bridgehead atoms. The Bertz CT molecular complexity index is 1000. The number of hydrogen-bond acceptors (Lipinski definition) is 4. The van der Waals surface area contributed by atoms with Crippen molar-refractivity contribution in [3.8, 4) is 11.1 Å². The van der Waals surface area contributed by atoms with E-state index >= 15 is 0 Å². The summed E-state index contributed by atoms with van der Waals surface area (Å²) in [5, 5.41) is 12.2. The van der Waals surface area contributed by atoms with Crippen LogP contribution in [-0.4, -0.2) is 53.7 Å². The fourth-order valence-electron chi connectivity index (χ4n) is 4.91. The number of likely N-dealkylation sites (N-methyl/N-ethyl adjacent to an activating group) is 1. The molecule has 2 aromatic carbocycles. The van der Waals surface area contributed by atoms with Crippen LogP contribution in [0.25, 0.3) is 11.1 Å². The van der Waals surface area contributed by atoms with Crippen molar-refractivity contribution < 1.29 is 24.2 Å². The lowest BCUT2D eigenvalue weighted by Gasteiger charge is -2.36. The van der Waals surface area contributed by atoms with Crippen LogP contribution < -0.4 is 5.32 Å². The Labute approximate surface area is 193 Å². The highest BCUT2D eigenvalue weighted by atomic mass is 16.5. The summed E-state index contributed by atoms with van der Waals surface area (Å²) in [6, 6.07) is 14.5. The Morgan fingerprint density at radius 2 is 1.64 bits per heavy atom. The number of aliphatic carboxylic acids is 1. The van der Waals surface area contributed by atoms with Gasteiger partial charge in [0.1, 0.15) is 18.7 Å². The second-order valence-electron chi connectivity index (χ2n) is 8.85. The van der Waals surface area contributed by atoms with Crippen molar-refractivity contribution in [1.82, 2.24) is 10.2 Å². The number of benzene rings is 2. The van der Waals surface area contributed by atoms with Crippen molar-refractivity contribution in [1.29, 1.82) is 0 Å². The van der Waals surface area contributed by atoms with Crippen molar-refractivity contribution in [2.24, 2.45) is 5.92 Å². The fraction of sp³-hybridized carbons (Fsp3) is 0.423. The molecule has 2 unspecified atom stereocenters. The molecule has 0 saturated heterocycles. The molecule has 2 aliphatic carbocycles. The Morgan fingerprint density at radius 3 is 2.12 bits per heavy atom. The molecule has 33 heavy (non-hydrogen) atoms. The van der Waals surface area contributed by atoms with Crippen LogP contribution in [0.4, 0.5) is 4.79 Å². The number of fused-ring (bicyclic) bond motifs is 3. The summed E-state index contributed by atoms with van der Waals surface area (Å²) < 4.78 is 5.62. The first-order valence-electron chi connectivity index (χ1n) is 11.5. The number of carbonyl (C=O) groups excluding carboxylic acids is 2. The van der Waals surface area contributed by atoms with E-state index in [2.05, 4.69) is 17.4 Å². The van der Waals surface area contributed by atoms with Crippen molar-refractivity contribution >= 4 is 18.0 Å². The fourth-order valence-corrected chi connectivity index (χ4v) is 4.91. The van der Waals surface area contributed by atoms with Crippen molar-refractivity contribution in [2.45, 2.75) is 50.6 Å².